The summed E-state index contributed by atoms with van der Waals surface area (Å²) in [6.07, 6.45) is 0. The second-order valence-corrected chi connectivity index (χ2v) is 15.2. The Morgan fingerprint density at radius 2 is 0.807 bits per heavy atom. The molecule has 0 fully saturated rings. The number of furan rings is 1. The van der Waals surface area contributed by atoms with E-state index >= 15 is 0 Å². The van der Waals surface area contributed by atoms with Gasteiger partial charge in [-0.2, -0.15) is 0 Å². The quantitative estimate of drug-likeness (QED) is 0.176. The fourth-order valence-corrected chi connectivity index (χ4v) is 9.83. The van der Waals surface area contributed by atoms with E-state index < -0.39 is 0 Å². The molecule has 1 heterocycles. The van der Waals surface area contributed by atoms with E-state index in [0.29, 0.717) is 0 Å². The van der Waals surface area contributed by atoms with Crippen LogP contribution in [0.25, 0.3) is 66.4 Å². The maximum Gasteiger partial charge on any atom is 0.135 e. The number of para-hydroxylation sites is 1. The molecule has 0 radical (unpaired) electrons. The van der Waals surface area contributed by atoms with Gasteiger partial charge in [-0.15, -0.1) is 0 Å². The molecule has 0 N–H and O–H groups in total. The maximum atomic E-state index is 6.25. The first-order valence-corrected chi connectivity index (χ1v) is 19.7. The number of fused-ring (bicyclic) bond motifs is 13. The first kappa shape index (κ1) is 31.9. The van der Waals surface area contributed by atoms with Crippen molar-refractivity contribution in [2.45, 2.75) is 5.41 Å². The number of anilines is 3. The highest BCUT2D eigenvalue weighted by atomic mass is 16.3. The molecule has 2 aliphatic carbocycles. The summed E-state index contributed by atoms with van der Waals surface area (Å²) in [5.41, 5.74) is 20.1. The number of rotatable bonds is 5. The van der Waals surface area contributed by atoms with Gasteiger partial charge in [-0.05, 0) is 121 Å². The minimum atomic E-state index is -0.370. The summed E-state index contributed by atoms with van der Waals surface area (Å²) < 4.78 is 6.25. The molecule has 0 aliphatic heterocycles. The lowest BCUT2D eigenvalue weighted by Crippen LogP contribution is -2.25. The molecule has 10 aromatic rings. The molecule has 0 atom stereocenters. The van der Waals surface area contributed by atoms with Crippen molar-refractivity contribution in [3.8, 4) is 44.5 Å². The third kappa shape index (κ3) is 4.65. The average molecular weight is 726 g/mol. The van der Waals surface area contributed by atoms with Gasteiger partial charge in [0.15, 0.2) is 0 Å². The van der Waals surface area contributed by atoms with Crippen LogP contribution in [0.4, 0.5) is 17.1 Å². The second kappa shape index (κ2) is 12.3. The van der Waals surface area contributed by atoms with Crippen LogP contribution in [0.3, 0.4) is 0 Å². The SMILES string of the molecule is c1ccc(-c2cccc(N(c3ccc(-c4ccc5c(c4)C4(c6ccccc6-c6ccccc64)c4ccccc4-5)cc3)c3ccc4oc5ccccc5c4c3)c2)cc1. The molecule has 0 bridgehead atoms. The number of hydrogen-bond donors (Lipinski definition) is 0. The Kier molecular flexibility index (Phi) is 6.88. The standard InChI is InChI=1S/C55H35NO/c1-2-13-36(14-3-1)38-15-12-16-41(33-38)56(42-30-32-54-48(35-42)47-20-7-11-24-53(47)57-54)40-28-25-37(26-29-40)39-27-31-46-45-19-6-10-23-51(45)55(52(46)34-39)49-21-8-4-17-43(49)44-18-5-9-22-50(44)55/h1-35H. The summed E-state index contributed by atoms with van der Waals surface area (Å²) in [4.78, 5) is 2.36. The predicted octanol–water partition coefficient (Wildman–Crippen LogP) is 14.7. The lowest BCUT2D eigenvalue weighted by atomic mass is 9.70. The highest BCUT2D eigenvalue weighted by Crippen LogP contribution is 2.63. The molecule has 1 aromatic heterocycles. The normalized spacial score (nSPS) is 13.1. The van der Waals surface area contributed by atoms with Crippen molar-refractivity contribution < 1.29 is 4.42 Å². The Bertz CT molecular complexity index is 3130. The summed E-state index contributed by atoms with van der Waals surface area (Å²) in [5.74, 6) is 0. The topological polar surface area (TPSA) is 16.4 Å². The van der Waals surface area contributed by atoms with Crippen molar-refractivity contribution in [3.63, 3.8) is 0 Å². The van der Waals surface area contributed by atoms with Gasteiger partial charge in [-0.1, -0.05) is 158 Å². The molecule has 12 rings (SSSR count). The Labute approximate surface area is 331 Å². The molecule has 0 amide bonds. The Balaban J connectivity index is 1.00. The molecule has 2 nitrogen and oxygen atoms in total. The first-order chi connectivity index (χ1) is 28.3. The average Bonchev–Trinajstić information content (AvgIpc) is 3.91. The summed E-state index contributed by atoms with van der Waals surface area (Å²) in [7, 11) is 0. The van der Waals surface area contributed by atoms with Crippen LogP contribution in [0.1, 0.15) is 22.3 Å². The zero-order valence-corrected chi connectivity index (χ0v) is 31.1. The highest BCUT2D eigenvalue weighted by molar-refractivity contribution is 6.06. The predicted molar refractivity (Wildman–Crippen MR) is 236 cm³/mol. The smallest absolute Gasteiger partial charge is 0.135 e. The fourth-order valence-electron chi connectivity index (χ4n) is 9.83. The van der Waals surface area contributed by atoms with Crippen LogP contribution in [0.2, 0.25) is 0 Å². The largest absolute Gasteiger partial charge is 0.456 e. The molecule has 2 aliphatic rings. The maximum absolute atomic E-state index is 6.25. The van der Waals surface area contributed by atoms with Crippen LogP contribution in [0, 0.1) is 0 Å². The van der Waals surface area contributed by atoms with E-state index in [9.17, 15) is 0 Å². The molecular weight excluding hydrogens is 691 g/mol. The number of nitrogens with zero attached hydrogens (tertiary/aromatic N) is 1. The lowest BCUT2D eigenvalue weighted by Gasteiger charge is -2.30. The molecule has 0 saturated heterocycles. The van der Waals surface area contributed by atoms with Gasteiger partial charge < -0.3 is 9.32 Å². The van der Waals surface area contributed by atoms with Crippen LogP contribution < -0.4 is 4.90 Å². The van der Waals surface area contributed by atoms with Crippen molar-refractivity contribution in [1.29, 1.82) is 0 Å². The molecular formula is C55H35NO. The van der Waals surface area contributed by atoms with E-state index in [1.54, 1.807) is 0 Å². The van der Waals surface area contributed by atoms with Crippen molar-refractivity contribution >= 4 is 39.0 Å². The number of benzene rings is 9. The van der Waals surface area contributed by atoms with Gasteiger partial charge in [-0.3, -0.25) is 0 Å². The van der Waals surface area contributed by atoms with Gasteiger partial charge in [0, 0.05) is 27.8 Å². The highest BCUT2D eigenvalue weighted by Gasteiger charge is 2.51. The van der Waals surface area contributed by atoms with Gasteiger partial charge >= 0.3 is 0 Å². The molecule has 57 heavy (non-hydrogen) atoms. The van der Waals surface area contributed by atoms with Crippen molar-refractivity contribution in [2.75, 3.05) is 4.90 Å². The lowest BCUT2D eigenvalue weighted by molar-refractivity contribution is 0.669. The Morgan fingerprint density at radius 3 is 1.53 bits per heavy atom. The van der Waals surface area contributed by atoms with E-state index in [1.165, 1.54) is 66.8 Å². The third-order valence-electron chi connectivity index (χ3n) is 12.3. The van der Waals surface area contributed by atoms with Gasteiger partial charge in [0.25, 0.3) is 0 Å². The zero-order valence-electron chi connectivity index (χ0n) is 31.1. The molecule has 9 aromatic carbocycles. The van der Waals surface area contributed by atoms with E-state index in [2.05, 4.69) is 205 Å². The van der Waals surface area contributed by atoms with E-state index in [0.717, 1.165) is 39.0 Å². The monoisotopic (exact) mass is 725 g/mol. The minimum absolute atomic E-state index is 0.370. The van der Waals surface area contributed by atoms with Gasteiger partial charge in [-0.25, -0.2) is 0 Å². The van der Waals surface area contributed by atoms with Gasteiger partial charge in [0.05, 0.1) is 5.41 Å². The number of hydrogen-bond acceptors (Lipinski definition) is 2. The van der Waals surface area contributed by atoms with E-state index in [1.807, 2.05) is 12.1 Å². The fraction of sp³-hybridized carbons (Fsp3) is 0.0182. The molecule has 266 valence electrons. The Morgan fingerprint density at radius 1 is 0.298 bits per heavy atom. The van der Waals surface area contributed by atoms with Gasteiger partial charge in [0.1, 0.15) is 11.2 Å². The summed E-state index contributed by atoms with van der Waals surface area (Å²) in [5, 5.41) is 2.22. The van der Waals surface area contributed by atoms with Gasteiger partial charge in [0.2, 0.25) is 0 Å². The second-order valence-electron chi connectivity index (χ2n) is 15.2. The third-order valence-corrected chi connectivity index (χ3v) is 12.3. The van der Waals surface area contributed by atoms with Crippen molar-refractivity contribution in [2.24, 2.45) is 0 Å². The minimum Gasteiger partial charge on any atom is -0.456 e. The van der Waals surface area contributed by atoms with Crippen LogP contribution in [-0.2, 0) is 5.41 Å². The van der Waals surface area contributed by atoms with Crippen LogP contribution in [-0.4, -0.2) is 0 Å². The zero-order chi connectivity index (χ0) is 37.5. The van der Waals surface area contributed by atoms with E-state index in [4.69, 9.17) is 4.42 Å². The van der Waals surface area contributed by atoms with Crippen molar-refractivity contribution in [3.05, 3.63) is 235 Å². The first-order valence-electron chi connectivity index (χ1n) is 19.7. The molecule has 0 saturated carbocycles. The van der Waals surface area contributed by atoms with E-state index in [-0.39, 0.29) is 5.41 Å². The molecule has 2 heteroatoms. The van der Waals surface area contributed by atoms with Crippen molar-refractivity contribution in [1.82, 2.24) is 0 Å². The Hall–Kier alpha value is -7.42. The summed E-state index contributed by atoms with van der Waals surface area (Å²) in [6, 6.07) is 77.5. The molecule has 1 spiro atoms. The van der Waals surface area contributed by atoms with Crippen LogP contribution >= 0.6 is 0 Å². The molecule has 0 unspecified atom stereocenters. The summed E-state index contributed by atoms with van der Waals surface area (Å²) in [6.45, 7) is 0. The summed E-state index contributed by atoms with van der Waals surface area (Å²) >= 11 is 0. The van der Waals surface area contributed by atoms with Crippen LogP contribution in [0.15, 0.2) is 217 Å². The van der Waals surface area contributed by atoms with Crippen LogP contribution in [0.5, 0.6) is 0 Å².